The molecule has 6 heteroatoms. The number of hydrogen-bond acceptors (Lipinski definition) is 5. The number of aliphatic hydroxyl groups excluding tert-OH is 2. The summed E-state index contributed by atoms with van der Waals surface area (Å²) in [4.78, 5) is 11.1. The molecular weight excluding hydrogens is 248 g/mol. The van der Waals surface area contributed by atoms with Gasteiger partial charge in [0.25, 0.3) is 5.91 Å². The fourth-order valence-corrected chi connectivity index (χ4v) is 1.95. The molecule has 0 aliphatic carbocycles. The van der Waals surface area contributed by atoms with E-state index in [1.54, 1.807) is 25.2 Å². The number of nitrogens with one attached hydrogen (secondary N) is 2. The van der Waals surface area contributed by atoms with Gasteiger partial charge < -0.3 is 25.6 Å². The highest BCUT2D eigenvalue weighted by Crippen LogP contribution is 2.31. The molecule has 0 saturated heterocycles. The van der Waals surface area contributed by atoms with E-state index in [0.717, 1.165) is 0 Å². The van der Waals surface area contributed by atoms with Crippen molar-refractivity contribution in [3.8, 4) is 5.75 Å². The quantitative estimate of drug-likeness (QED) is 0.603. The maximum absolute atomic E-state index is 11.1. The number of amides is 1. The third-order valence-electron chi connectivity index (χ3n) is 3.03. The summed E-state index contributed by atoms with van der Waals surface area (Å²) >= 11 is 0. The first kappa shape index (κ1) is 13.8. The van der Waals surface area contributed by atoms with Crippen LogP contribution < -0.4 is 15.4 Å². The molecule has 1 aromatic carbocycles. The van der Waals surface area contributed by atoms with Gasteiger partial charge in [0.05, 0.1) is 11.8 Å². The van der Waals surface area contributed by atoms with Crippen LogP contribution in [-0.4, -0.2) is 42.4 Å². The van der Waals surface area contributed by atoms with Gasteiger partial charge in [-0.3, -0.25) is 4.79 Å². The molecule has 0 bridgehead atoms. The zero-order valence-electron chi connectivity index (χ0n) is 10.7. The van der Waals surface area contributed by atoms with Gasteiger partial charge in [0.1, 0.15) is 11.9 Å². The predicted molar refractivity (Wildman–Crippen MR) is 70.1 cm³/mol. The molecule has 1 heterocycles. The Labute approximate surface area is 111 Å². The monoisotopic (exact) mass is 266 g/mol. The highest BCUT2D eigenvalue weighted by Gasteiger charge is 2.21. The number of fused-ring (bicyclic) bond motifs is 1. The van der Waals surface area contributed by atoms with Gasteiger partial charge in [-0.2, -0.15) is 0 Å². The van der Waals surface area contributed by atoms with Crippen molar-refractivity contribution in [2.45, 2.75) is 18.6 Å². The van der Waals surface area contributed by atoms with E-state index in [-0.39, 0.29) is 12.5 Å². The molecule has 0 aromatic heterocycles. The Hall–Kier alpha value is -1.63. The van der Waals surface area contributed by atoms with Gasteiger partial charge in [0, 0.05) is 0 Å². The Balaban J connectivity index is 2.11. The molecule has 2 rings (SSSR count). The fraction of sp³-hybridized carbons (Fsp3) is 0.462. The second-order valence-electron chi connectivity index (χ2n) is 4.50. The molecule has 2 unspecified atom stereocenters. The number of anilines is 1. The van der Waals surface area contributed by atoms with Crippen LogP contribution in [-0.2, 0) is 4.79 Å². The lowest BCUT2D eigenvalue weighted by Crippen LogP contribution is -2.26. The summed E-state index contributed by atoms with van der Waals surface area (Å²) in [6, 6.07) is 4.97. The smallest absolute Gasteiger partial charge is 0.262 e. The highest BCUT2D eigenvalue weighted by atomic mass is 16.5. The summed E-state index contributed by atoms with van der Waals surface area (Å²) in [5.41, 5.74) is 1.15. The topological polar surface area (TPSA) is 90.8 Å². The van der Waals surface area contributed by atoms with Gasteiger partial charge in [-0.15, -0.1) is 0 Å². The number of ether oxygens (including phenoxy) is 1. The van der Waals surface area contributed by atoms with Crippen molar-refractivity contribution in [2.75, 3.05) is 25.5 Å². The van der Waals surface area contributed by atoms with Crippen LogP contribution in [0.1, 0.15) is 18.1 Å². The molecule has 104 valence electrons. The van der Waals surface area contributed by atoms with Gasteiger partial charge in [0.15, 0.2) is 6.61 Å². The molecule has 1 aliphatic heterocycles. The van der Waals surface area contributed by atoms with Crippen LogP contribution in [0, 0.1) is 0 Å². The van der Waals surface area contributed by atoms with Crippen LogP contribution in [0.3, 0.4) is 0 Å². The van der Waals surface area contributed by atoms with E-state index in [9.17, 15) is 15.0 Å². The van der Waals surface area contributed by atoms with Crippen molar-refractivity contribution in [1.29, 1.82) is 0 Å². The van der Waals surface area contributed by atoms with E-state index in [1.165, 1.54) is 0 Å². The summed E-state index contributed by atoms with van der Waals surface area (Å²) < 4.78 is 5.27. The van der Waals surface area contributed by atoms with E-state index in [2.05, 4.69) is 10.6 Å². The molecule has 0 spiro atoms. The van der Waals surface area contributed by atoms with Gasteiger partial charge in [-0.25, -0.2) is 0 Å². The third kappa shape index (κ3) is 3.23. The van der Waals surface area contributed by atoms with E-state index >= 15 is 0 Å². The number of hydrogen-bond donors (Lipinski definition) is 4. The molecule has 0 saturated carbocycles. The molecule has 6 nitrogen and oxygen atoms in total. The number of rotatable bonds is 5. The summed E-state index contributed by atoms with van der Waals surface area (Å²) in [6.07, 6.45) is -1.37. The van der Waals surface area contributed by atoms with Crippen LogP contribution >= 0.6 is 0 Å². The molecule has 0 fully saturated rings. The van der Waals surface area contributed by atoms with E-state index in [0.29, 0.717) is 30.0 Å². The molecule has 0 radical (unpaired) electrons. The standard InChI is InChI=1S/C13H18N2O4/c1-14-5-4-10(16)13(18)8-2-3-9-11(6-8)19-7-12(17)15-9/h2-3,6,10,13-14,16,18H,4-5,7H2,1H3,(H,15,17). The molecule has 1 aliphatic rings. The van der Waals surface area contributed by atoms with Crippen molar-refractivity contribution in [1.82, 2.24) is 5.32 Å². The summed E-state index contributed by atoms with van der Waals surface area (Å²) in [6.45, 7) is 0.588. The van der Waals surface area contributed by atoms with Crippen molar-refractivity contribution in [2.24, 2.45) is 0 Å². The van der Waals surface area contributed by atoms with Crippen LogP contribution in [0.4, 0.5) is 5.69 Å². The first-order valence-electron chi connectivity index (χ1n) is 6.19. The third-order valence-corrected chi connectivity index (χ3v) is 3.03. The van der Waals surface area contributed by atoms with Crippen molar-refractivity contribution >= 4 is 11.6 Å². The molecule has 4 N–H and O–H groups in total. The average molecular weight is 266 g/mol. The minimum absolute atomic E-state index is 0.0329. The first-order valence-corrected chi connectivity index (χ1v) is 6.19. The second-order valence-corrected chi connectivity index (χ2v) is 4.50. The minimum Gasteiger partial charge on any atom is -0.482 e. The Morgan fingerprint density at radius 2 is 2.26 bits per heavy atom. The molecule has 1 aromatic rings. The lowest BCUT2D eigenvalue weighted by atomic mass is 10.0. The highest BCUT2D eigenvalue weighted by molar-refractivity contribution is 5.95. The van der Waals surface area contributed by atoms with Crippen LogP contribution in [0.5, 0.6) is 5.75 Å². The average Bonchev–Trinajstić information content (AvgIpc) is 2.43. The SMILES string of the molecule is CNCCC(O)C(O)c1ccc2c(c1)OCC(=O)N2. The van der Waals surface area contributed by atoms with Crippen LogP contribution in [0.25, 0.3) is 0 Å². The van der Waals surface area contributed by atoms with Crippen LogP contribution in [0.2, 0.25) is 0 Å². The normalized spacial score (nSPS) is 17.1. The number of aliphatic hydroxyl groups is 2. The lowest BCUT2D eigenvalue weighted by Gasteiger charge is -2.22. The van der Waals surface area contributed by atoms with E-state index in [1.807, 2.05) is 0 Å². The molecule has 19 heavy (non-hydrogen) atoms. The van der Waals surface area contributed by atoms with Gasteiger partial charge in [-0.1, -0.05) is 6.07 Å². The van der Waals surface area contributed by atoms with Gasteiger partial charge in [0.2, 0.25) is 0 Å². The predicted octanol–water partition coefficient (Wildman–Crippen LogP) is 0.0213. The number of benzene rings is 1. The number of carbonyl (C=O) groups excluding carboxylic acids is 1. The maximum atomic E-state index is 11.1. The second kappa shape index (κ2) is 6.01. The summed E-state index contributed by atoms with van der Waals surface area (Å²) in [5, 5.41) is 25.5. The first-order chi connectivity index (χ1) is 9.11. The van der Waals surface area contributed by atoms with E-state index < -0.39 is 12.2 Å². The van der Waals surface area contributed by atoms with Crippen molar-refractivity contribution in [3.63, 3.8) is 0 Å². The van der Waals surface area contributed by atoms with Crippen molar-refractivity contribution in [3.05, 3.63) is 23.8 Å². The minimum atomic E-state index is -0.972. The molecule has 2 atom stereocenters. The zero-order chi connectivity index (χ0) is 13.8. The molecule has 1 amide bonds. The summed E-state index contributed by atoms with van der Waals surface area (Å²) in [5.74, 6) is 0.312. The fourth-order valence-electron chi connectivity index (χ4n) is 1.95. The van der Waals surface area contributed by atoms with Crippen LogP contribution in [0.15, 0.2) is 18.2 Å². The Morgan fingerprint density at radius 3 is 3.00 bits per heavy atom. The zero-order valence-corrected chi connectivity index (χ0v) is 10.7. The van der Waals surface area contributed by atoms with Gasteiger partial charge >= 0.3 is 0 Å². The summed E-state index contributed by atoms with van der Waals surface area (Å²) in [7, 11) is 1.79. The van der Waals surface area contributed by atoms with E-state index in [4.69, 9.17) is 4.74 Å². The van der Waals surface area contributed by atoms with Crippen molar-refractivity contribution < 1.29 is 19.7 Å². The Morgan fingerprint density at radius 1 is 1.47 bits per heavy atom. The Kier molecular flexibility index (Phi) is 4.36. The lowest BCUT2D eigenvalue weighted by molar-refractivity contribution is -0.118. The largest absolute Gasteiger partial charge is 0.482 e. The van der Waals surface area contributed by atoms with Gasteiger partial charge in [-0.05, 0) is 37.7 Å². The number of carbonyl (C=O) groups is 1. The Bertz CT molecular complexity index is 464. The molecular formula is C13H18N2O4. The maximum Gasteiger partial charge on any atom is 0.262 e.